The van der Waals surface area contributed by atoms with Crippen molar-refractivity contribution in [2.75, 3.05) is 19.0 Å². The van der Waals surface area contributed by atoms with E-state index in [2.05, 4.69) is 20.7 Å². The van der Waals surface area contributed by atoms with Crippen LogP contribution in [0.4, 0.5) is 5.69 Å². The normalized spacial score (nSPS) is 11.3. The Hall–Kier alpha value is -3.32. The third-order valence-electron chi connectivity index (χ3n) is 4.98. The first-order valence-electron chi connectivity index (χ1n) is 9.89. The Morgan fingerprint density at radius 3 is 2.39 bits per heavy atom. The van der Waals surface area contributed by atoms with Crippen LogP contribution < -0.4 is 15.4 Å². The van der Waals surface area contributed by atoms with Crippen molar-refractivity contribution in [1.82, 2.24) is 15.1 Å². The standard InChI is InChI=1S/C23H26ClN5O2/c1-15-21(16(2)29(3)28-15)13-14-25-23(26-19-9-11-20(31-4)12-10-19)27-22(30)17-5-7-18(24)8-6-17/h5-12H,13-14H2,1-4H3,(H2,25,26,27,30). The lowest BCUT2D eigenvalue weighted by molar-refractivity contribution is 0.0977. The lowest BCUT2D eigenvalue weighted by Crippen LogP contribution is -2.36. The van der Waals surface area contributed by atoms with Crippen molar-refractivity contribution in [3.8, 4) is 5.75 Å². The Kier molecular flexibility index (Phi) is 7.31. The molecule has 0 fully saturated rings. The van der Waals surface area contributed by atoms with Gasteiger partial charge in [0, 0.05) is 35.6 Å². The van der Waals surface area contributed by atoms with Gasteiger partial charge in [0.1, 0.15) is 5.75 Å². The number of aromatic nitrogens is 2. The Bertz CT molecular complexity index is 1070. The molecule has 0 aliphatic carbocycles. The number of amides is 1. The fourth-order valence-corrected chi connectivity index (χ4v) is 3.29. The number of methoxy groups -OCH3 is 1. The predicted octanol–water partition coefficient (Wildman–Crippen LogP) is 4.14. The zero-order valence-electron chi connectivity index (χ0n) is 18.1. The second-order valence-electron chi connectivity index (χ2n) is 7.07. The number of rotatable bonds is 6. The molecule has 0 bridgehead atoms. The third-order valence-corrected chi connectivity index (χ3v) is 5.23. The van der Waals surface area contributed by atoms with Gasteiger partial charge in [-0.05, 0) is 74.4 Å². The van der Waals surface area contributed by atoms with Gasteiger partial charge < -0.3 is 10.1 Å². The van der Waals surface area contributed by atoms with E-state index < -0.39 is 0 Å². The molecule has 0 spiro atoms. The van der Waals surface area contributed by atoms with Gasteiger partial charge in [-0.25, -0.2) is 0 Å². The zero-order chi connectivity index (χ0) is 22.4. The molecule has 0 radical (unpaired) electrons. The van der Waals surface area contributed by atoms with Crippen LogP contribution in [-0.2, 0) is 13.5 Å². The SMILES string of the molecule is COc1ccc(NC(=NCCc2c(C)nn(C)c2C)NC(=O)c2ccc(Cl)cc2)cc1. The summed E-state index contributed by atoms with van der Waals surface area (Å²) in [5.41, 5.74) is 4.55. The summed E-state index contributed by atoms with van der Waals surface area (Å²) in [5.74, 6) is 0.839. The number of ether oxygens (including phenoxy) is 1. The second-order valence-corrected chi connectivity index (χ2v) is 7.50. The van der Waals surface area contributed by atoms with Crippen LogP contribution in [0.15, 0.2) is 53.5 Å². The van der Waals surface area contributed by atoms with Gasteiger partial charge in [-0.2, -0.15) is 5.10 Å². The van der Waals surface area contributed by atoms with Gasteiger partial charge in [0.25, 0.3) is 5.91 Å². The van der Waals surface area contributed by atoms with Crippen molar-refractivity contribution < 1.29 is 9.53 Å². The van der Waals surface area contributed by atoms with Gasteiger partial charge >= 0.3 is 0 Å². The van der Waals surface area contributed by atoms with Crippen LogP contribution in [0, 0.1) is 13.8 Å². The number of aliphatic imine (C=N–C) groups is 1. The van der Waals surface area contributed by atoms with Gasteiger partial charge in [0.15, 0.2) is 0 Å². The first-order chi connectivity index (χ1) is 14.9. The summed E-state index contributed by atoms with van der Waals surface area (Å²) >= 11 is 5.92. The van der Waals surface area contributed by atoms with Gasteiger partial charge in [0.05, 0.1) is 12.8 Å². The average Bonchev–Trinajstić information content (AvgIpc) is 3.00. The summed E-state index contributed by atoms with van der Waals surface area (Å²) in [6.07, 6.45) is 0.718. The minimum Gasteiger partial charge on any atom is -0.497 e. The summed E-state index contributed by atoms with van der Waals surface area (Å²) < 4.78 is 7.07. The second kappa shape index (κ2) is 10.1. The molecule has 2 N–H and O–H groups in total. The van der Waals surface area contributed by atoms with Crippen molar-refractivity contribution in [3.05, 3.63) is 76.1 Å². The van der Waals surface area contributed by atoms with Crippen molar-refractivity contribution >= 4 is 29.2 Å². The van der Waals surface area contributed by atoms with E-state index in [1.807, 2.05) is 49.8 Å². The fraction of sp³-hybridized carbons (Fsp3) is 0.261. The number of benzene rings is 2. The number of hydrogen-bond acceptors (Lipinski definition) is 4. The maximum atomic E-state index is 12.7. The van der Waals surface area contributed by atoms with Crippen molar-refractivity contribution in [3.63, 3.8) is 0 Å². The van der Waals surface area contributed by atoms with Crippen LogP contribution in [-0.4, -0.2) is 35.3 Å². The summed E-state index contributed by atoms with van der Waals surface area (Å²) in [4.78, 5) is 17.3. The molecule has 3 aromatic rings. The molecule has 0 saturated carbocycles. The largest absolute Gasteiger partial charge is 0.497 e. The zero-order valence-corrected chi connectivity index (χ0v) is 18.8. The number of carbonyl (C=O) groups excluding carboxylic acids is 1. The number of nitrogens with zero attached hydrogens (tertiary/aromatic N) is 3. The van der Waals surface area contributed by atoms with Gasteiger partial charge in [-0.3, -0.25) is 19.8 Å². The highest BCUT2D eigenvalue weighted by molar-refractivity contribution is 6.30. The van der Waals surface area contributed by atoms with Crippen LogP contribution in [0.25, 0.3) is 0 Å². The number of nitrogens with one attached hydrogen (secondary N) is 2. The van der Waals surface area contributed by atoms with Crippen LogP contribution >= 0.6 is 11.6 Å². The van der Waals surface area contributed by atoms with Gasteiger partial charge in [-0.15, -0.1) is 0 Å². The van der Waals surface area contributed by atoms with Gasteiger partial charge in [-0.1, -0.05) is 11.6 Å². The summed E-state index contributed by atoms with van der Waals surface area (Å²) in [6, 6.07) is 14.1. The molecule has 0 aliphatic rings. The topological polar surface area (TPSA) is 80.5 Å². The monoisotopic (exact) mass is 439 g/mol. The molecule has 31 heavy (non-hydrogen) atoms. The van der Waals surface area contributed by atoms with Gasteiger partial charge in [0.2, 0.25) is 5.96 Å². The van der Waals surface area contributed by atoms with E-state index in [-0.39, 0.29) is 5.91 Å². The quantitative estimate of drug-likeness (QED) is 0.447. The first-order valence-corrected chi connectivity index (χ1v) is 10.3. The van der Waals surface area contributed by atoms with Crippen molar-refractivity contribution in [2.45, 2.75) is 20.3 Å². The molecule has 2 aromatic carbocycles. The molecule has 0 saturated heterocycles. The summed E-state index contributed by atoms with van der Waals surface area (Å²) in [7, 11) is 3.54. The lowest BCUT2D eigenvalue weighted by Gasteiger charge is -2.12. The molecule has 162 valence electrons. The number of hydrogen-bond donors (Lipinski definition) is 2. The molecule has 1 amide bonds. The van der Waals surface area contributed by atoms with Crippen LogP contribution in [0.2, 0.25) is 5.02 Å². The van der Waals surface area contributed by atoms with Crippen LogP contribution in [0.5, 0.6) is 5.75 Å². The molecule has 1 heterocycles. The average molecular weight is 440 g/mol. The first kappa shape index (κ1) is 22.4. The van der Waals surface area contributed by atoms with E-state index >= 15 is 0 Å². The Morgan fingerprint density at radius 1 is 1.13 bits per heavy atom. The number of halogens is 1. The van der Waals surface area contributed by atoms with E-state index in [1.54, 1.807) is 31.4 Å². The highest BCUT2D eigenvalue weighted by Crippen LogP contribution is 2.16. The number of aryl methyl sites for hydroxylation is 2. The number of guanidine groups is 1. The maximum Gasteiger partial charge on any atom is 0.257 e. The minimum absolute atomic E-state index is 0.273. The molecular formula is C23H26ClN5O2. The number of anilines is 1. The Labute approximate surface area is 187 Å². The number of carbonyl (C=O) groups is 1. The van der Waals surface area contributed by atoms with Crippen LogP contribution in [0.3, 0.4) is 0 Å². The Balaban J connectivity index is 1.77. The van der Waals surface area contributed by atoms with E-state index in [0.717, 1.165) is 29.2 Å². The molecule has 0 atom stereocenters. The van der Waals surface area contributed by atoms with E-state index in [9.17, 15) is 4.79 Å². The lowest BCUT2D eigenvalue weighted by atomic mass is 10.1. The highest BCUT2D eigenvalue weighted by Gasteiger charge is 2.11. The van der Waals surface area contributed by atoms with E-state index in [0.29, 0.717) is 23.1 Å². The molecule has 7 nitrogen and oxygen atoms in total. The minimum atomic E-state index is -0.273. The summed E-state index contributed by atoms with van der Waals surface area (Å²) in [6.45, 7) is 4.52. The van der Waals surface area contributed by atoms with Crippen molar-refractivity contribution in [1.29, 1.82) is 0 Å². The smallest absolute Gasteiger partial charge is 0.257 e. The molecule has 3 rings (SSSR count). The van der Waals surface area contributed by atoms with Crippen molar-refractivity contribution in [2.24, 2.45) is 12.0 Å². The van der Waals surface area contributed by atoms with E-state index in [4.69, 9.17) is 16.3 Å². The summed E-state index contributed by atoms with van der Waals surface area (Å²) in [5, 5.41) is 11.1. The van der Waals surface area contributed by atoms with Crippen LogP contribution in [0.1, 0.15) is 27.3 Å². The molecule has 0 unspecified atom stereocenters. The van der Waals surface area contributed by atoms with E-state index in [1.165, 1.54) is 5.56 Å². The molecule has 8 heteroatoms. The molecule has 0 aliphatic heterocycles. The fourth-order valence-electron chi connectivity index (χ4n) is 3.16. The maximum absolute atomic E-state index is 12.7. The Morgan fingerprint density at radius 2 is 1.81 bits per heavy atom. The third kappa shape index (κ3) is 5.86. The molecular weight excluding hydrogens is 414 g/mol. The predicted molar refractivity (Wildman–Crippen MR) is 124 cm³/mol. The highest BCUT2D eigenvalue weighted by atomic mass is 35.5. The molecule has 1 aromatic heterocycles.